The van der Waals surface area contributed by atoms with Crippen LogP contribution in [0.3, 0.4) is 0 Å². The lowest BCUT2D eigenvalue weighted by Crippen LogP contribution is -2.41. The van der Waals surface area contributed by atoms with Crippen molar-refractivity contribution in [3.8, 4) is 0 Å². The van der Waals surface area contributed by atoms with E-state index in [0.717, 1.165) is 19.3 Å². The largest absolute Gasteiger partial charge is 0.349 e. The van der Waals surface area contributed by atoms with Gasteiger partial charge in [0.1, 0.15) is 11.0 Å². The topological polar surface area (TPSA) is 80.0 Å². The predicted molar refractivity (Wildman–Crippen MR) is 75.9 cm³/mol. The number of rotatable bonds is 3. The third kappa shape index (κ3) is 3.16. The Kier molecular flexibility index (Phi) is 3.96. The Morgan fingerprint density at radius 3 is 2.84 bits per heavy atom. The second kappa shape index (κ2) is 5.35. The molecule has 2 rings (SSSR count). The molecule has 1 unspecified atom stereocenters. The molecule has 1 amide bonds. The zero-order chi connectivity index (χ0) is 14.0. The van der Waals surface area contributed by atoms with Crippen LogP contribution in [0.15, 0.2) is 12.1 Å². The molecule has 1 aromatic heterocycles. The van der Waals surface area contributed by atoms with E-state index in [0.29, 0.717) is 11.4 Å². The van der Waals surface area contributed by atoms with Crippen molar-refractivity contribution in [3.05, 3.63) is 22.8 Å². The predicted octanol–water partition coefficient (Wildman–Crippen LogP) is 2.33. The highest BCUT2D eigenvalue weighted by atomic mass is 35.5. The number of anilines is 1. The third-order valence-electron chi connectivity index (χ3n) is 3.77. The number of halogens is 1. The lowest BCUT2D eigenvalue weighted by Gasteiger charge is -2.27. The van der Waals surface area contributed by atoms with E-state index in [4.69, 9.17) is 17.4 Å². The van der Waals surface area contributed by atoms with Crippen LogP contribution in [0.25, 0.3) is 0 Å². The van der Waals surface area contributed by atoms with Gasteiger partial charge in [-0.15, -0.1) is 0 Å². The Morgan fingerprint density at radius 2 is 2.26 bits per heavy atom. The summed E-state index contributed by atoms with van der Waals surface area (Å²) in [5, 5.41) is 3.31. The van der Waals surface area contributed by atoms with Crippen molar-refractivity contribution in [2.75, 3.05) is 5.43 Å². The Labute approximate surface area is 117 Å². The molecule has 1 heterocycles. The standard InChI is InChI=1S/C13H19ClN4O/c1-13(2)5-3-4-9(13)16-12(19)8-6-10(14)17-11(7-8)18-15/h6-7,9H,3-5,15H2,1-2H3,(H,16,19)(H,17,18). The summed E-state index contributed by atoms with van der Waals surface area (Å²) < 4.78 is 0. The summed E-state index contributed by atoms with van der Waals surface area (Å²) >= 11 is 5.86. The number of nitrogens with one attached hydrogen (secondary N) is 2. The van der Waals surface area contributed by atoms with Crippen molar-refractivity contribution in [2.24, 2.45) is 11.3 Å². The van der Waals surface area contributed by atoms with Crippen LogP contribution >= 0.6 is 11.6 Å². The molecule has 0 aromatic carbocycles. The molecule has 0 saturated heterocycles. The number of carbonyl (C=O) groups is 1. The minimum absolute atomic E-state index is 0.138. The maximum absolute atomic E-state index is 12.2. The molecule has 0 bridgehead atoms. The van der Waals surface area contributed by atoms with E-state index in [1.807, 2.05) is 0 Å². The number of hydrazine groups is 1. The number of nitrogen functional groups attached to an aromatic ring is 1. The molecule has 5 nitrogen and oxygen atoms in total. The Morgan fingerprint density at radius 1 is 1.53 bits per heavy atom. The minimum Gasteiger partial charge on any atom is -0.349 e. The highest BCUT2D eigenvalue weighted by Gasteiger charge is 2.35. The van der Waals surface area contributed by atoms with Gasteiger partial charge in [0, 0.05) is 11.6 Å². The Bertz CT molecular complexity index is 490. The molecule has 1 aliphatic rings. The van der Waals surface area contributed by atoms with Gasteiger partial charge >= 0.3 is 0 Å². The molecule has 1 fully saturated rings. The summed E-state index contributed by atoms with van der Waals surface area (Å²) in [7, 11) is 0. The zero-order valence-corrected chi connectivity index (χ0v) is 11.9. The fourth-order valence-electron chi connectivity index (χ4n) is 2.54. The summed E-state index contributed by atoms with van der Waals surface area (Å²) in [6.07, 6.45) is 3.29. The molecule has 1 saturated carbocycles. The van der Waals surface area contributed by atoms with Crippen LogP contribution in [-0.4, -0.2) is 16.9 Å². The van der Waals surface area contributed by atoms with E-state index in [-0.39, 0.29) is 22.5 Å². The van der Waals surface area contributed by atoms with Gasteiger partial charge in [0.2, 0.25) is 0 Å². The van der Waals surface area contributed by atoms with E-state index in [2.05, 4.69) is 29.6 Å². The van der Waals surface area contributed by atoms with Gasteiger partial charge in [-0.05, 0) is 30.4 Å². The van der Waals surface area contributed by atoms with Crippen LogP contribution in [0.4, 0.5) is 5.82 Å². The van der Waals surface area contributed by atoms with Crippen LogP contribution < -0.4 is 16.6 Å². The highest BCUT2D eigenvalue weighted by molar-refractivity contribution is 6.29. The molecular formula is C13H19ClN4O. The van der Waals surface area contributed by atoms with Crippen LogP contribution in [0.2, 0.25) is 5.15 Å². The van der Waals surface area contributed by atoms with Crippen LogP contribution in [-0.2, 0) is 0 Å². The maximum atomic E-state index is 12.2. The normalized spacial score (nSPS) is 21.2. The quantitative estimate of drug-likeness (QED) is 0.452. The molecule has 6 heteroatoms. The minimum atomic E-state index is -0.138. The number of nitrogens with two attached hydrogens (primary N) is 1. The first-order valence-electron chi connectivity index (χ1n) is 6.37. The molecule has 1 aromatic rings. The first kappa shape index (κ1) is 14.1. The van der Waals surface area contributed by atoms with Gasteiger partial charge < -0.3 is 10.7 Å². The van der Waals surface area contributed by atoms with Gasteiger partial charge in [0.15, 0.2) is 0 Å². The highest BCUT2D eigenvalue weighted by Crippen LogP contribution is 2.37. The number of amides is 1. The molecule has 4 N–H and O–H groups in total. The van der Waals surface area contributed by atoms with Crippen molar-refractivity contribution in [2.45, 2.75) is 39.2 Å². The van der Waals surface area contributed by atoms with Crippen molar-refractivity contribution >= 4 is 23.3 Å². The van der Waals surface area contributed by atoms with Crippen molar-refractivity contribution < 1.29 is 4.79 Å². The Balaban J connectivity index is 2.14. The average Bonchev–Trinajstić information content (AvgIpc) is 2.68. The monoisotopic (exact) mass is 282 g/mol. The first-order valence-corrected chi connectivity index (χ1v) is 6.75. The van der Waals surface area contributed by atoms with Crippen LogP contribution in [0.5, 0.6) is 0 Å². The number of nitrogens with zero attached hydrogens (tertiary/aromatic N) is 1. The zero-order valence-electron chi connectivity index (χ0n) is 11.2. The summed E-state index contributed by atoms with van der Waals surface area (Å²) in [5.41, 5.74) is 3.01. The van der Waals surface area contributed by atoms with E-state index in [1.54, 1.807) is 12.1 Å². The fraction of sp³-hybridized carbons (Fsp3) is 0.538. The molecule has 0 radical (unpaired) electrons. The maximum Gasteiger partial charge on any atom is 0.251 e. The number of hydrogen-bond donors (Lipinski definition) is 3. The van der Waals surface area contributed by atoms with Gasteiger partial charge in [0.05, 0.1) is 0 Å². The summed E-state index contributed by atoms with van der Waals surface area (Å²) in [4.78, 5) is 16.2. The number of carbonyl (C=O) groups excluding carboxylic acids is 1. The second-order valence-corrected chi connectivity index (χ2v) is 6.00. The van der Waals surface area contributed by atoms with Gasteiger partial charge in [-0.25, -0.2) is 10.8 Å². The van der Waals surface area contributed by atoms with Crippen molar-refractivity contribution in [1.29, 1.82) is 0 Å². The van der Waals surface area contributed by atoms with Crippen molar-refractivity contribution in [1.82, 2.24) is 10.3 Å². The van der Waals surface area contributed by atoms with Gasteiger partial charge in [-0.1, -0.05) is 31.9 Å². The van der Waals surface area contributed by atoms with Crippen molar-refractivity contribution in [3.63, 3.8) is 0 Å². The van der Waals surface area contributed by atoms with Crippen LogP contribution in [0.1, 0.15) is 43.5 Å². The molecule has 0 spiro atoms. The SMILES string of the molecule is CC1(C)CCCC1NC(=O)c1cc(Cl)nc(NN)c1. The average molecular weight is 283 g/mol. The van der Waals surface area contributed by atoms with E-state index in [9.17, 15) is 4.79 Å². The Hall–Kier alpha value is -1.33. The first-order chi connectivity index (χ1) is 8.92. The van der Waals surface area contributed by atoms with E-state index < -0.39 is 0 Å². The van der Waals surface area contributed by atoms with E-state index >= 15 is 0 Å². The van der Waals surface area contributed by atoms with E-state index in [1.165, 1.54) is 0 Å². The summed E-state index contributed by atoms with van der Waals surface area (Å²) in [5.74, 6) is 5.53. The van der Waals surface area contributed by atoms with Gasteiger partial charge in [-0.2, -0.15) is 0 Å². The third-order valence-corrected chi connectivity index (χ3v) is 3.96. The molecule has 104 valence electrons. The lowest BCUT2D eigenvalue weighted by molar-refractivity contribution is 0.0910. The number of aromatic nitrogens is 1. The van der Waals surface area contributed by atoms with Crippen LogP contribution in [0, 0.1) is 5.41 Å². The molecule has 1 atom stereocenters. The molecule has 0 aliphatic heterocycles. The molecule has 19 heavy (non-hydrogen) atoms. The fourth-order valence-corrected chi connectivity index (χ4v) is 2.75. The molecule has 1 aliphatic carbocycles. The second-order valence-electron chi connectivity index (χ2n) is 5.61. The molecular weight excluding hydrogens is 264 g/mol. The lowest BCUT2D eigenvalue weighted by atomic mass is 9.87. The van der Waals surface area contributed by atoms with Gasteiger partial charge in [-0.3, -0.25) is 4.79 Å². The smallest absolute Gasteiger partial charge is 0.251 e. The summed E-state index contributed by atoms with van der Waals surface area (Å²) in [6.45, 7) is 4.36. The van der Waals surface area contributed by atoms with Gasteiger partial charge in [0.25, 0.3) is 5.91 Å². The summed E-state index contributed by atoms with van der Waals surface area (Å²) in [6, 6.07) is 3.32. The number of pyridine rings is 1. The number of hydrogen-bond acceptors (Lipinski definition) is 4.